The Labute approximate surface area is 143 Å². The second kappa shape index (κ2) is 6.67. The number of nitrogens with one attached hydrogen (secondary N) is 2. The largest absolute Gasteiger partial charge is 0.360 e. The van der Waals surface area contributed by atoms with Crippen molar-refractivity contribution in [3.8, 4) is 0 Å². The average molecular weight is 344 g/mol. The van der Waals surface area contributed by atoms with Crippen LogP contribution in [-0.2, 0) is 0 Å². The molecule has 0 saturated heterocycles. The summed E-state index contributed by atoms with van der Waals surface area (Å²) in [7, 11) is 0. The predicted molar refractivity (Wildman–Crippen MR) is 90.7 cm³/mol. The van der Waals surface area contributed by atoms with Crippen LogP contribution >= 0.6 is 11.6 Å². The molecule has 2 aromatic heterocycles. The highest BCUT2D eigenvalue weighted by Crippen LogP contribution is 2.24. The van der Waals surface area contributed by atoms with E-state index in [4.69, 9.17) is 16.1 Å². The summed E-state index contributed by atoms with van der Waals surface area (Å²) in [5.41, 5.74) is 1.84. The summed E-state index contributed by atoms with van der Waals surface area (Å²) < 4.78 is 4.91. The number of aryl methyl sites for hydroxylation is 1. The van der Waals surface area contributed by atoms with Crippen molar-refractivity contribution in [1.29, 1.82) is 0 Å². The van der Waals surface area contributed by atoms with Crippen LogP contribution in [0.4, 0.5) is 17.5 Å². The molecular formula is C16H14ClN5O2. The van der Waals surface area contributed by atoms with Gasteiger partial charge in [0.15, 0.2) is 5.82 Å². The molecule has 7 nitrogen and oxygen atoms in total. The average Bonchev–Trinajstić information content (AvgIpc) is 2.97. The number of aromatic nitrogens is 3. The number of carbonyl (C=O) groups is 1. The van der Waals surface area contributed by atoms with Crippen molar-refractivity contribution < 1.29 is 9.32 Å². The first-order valence-corrected chi connectivity index (χ1v) is 7.50. The third-order valence-corrected chi connectivity index (χ3v) is 3.68. The Morgan fingerprint density at radius 1 is 1.25 bits per heavy atom. The first-order valence-electron chi connectivity index (χ1n) is 7.13. The minimum Gasteiger partial charge on any atom is -0.360 e. The second-order valence-corrected chi connectivity index (χ2v) is 5.49. The minimum absolute atomic E-state index is 0.202. The molecule has 1 aromatic carbocycles. The standard InChI is InChI=1S/C16H14ClN5O2/c1-9-8-14(22-24-9)21-15(23)13-6-7-18-16(20-13)19-12-5-3-4-11(17)10(12)2/h3-8H,1-2H3,(H,18,19,20)(H,21,22,23). The maximum atomic E-state index is 12.2. The van der Waals surface area contributed by atoms with Gasteiger partial charge >= 0.3 is 0 Å². The first-order chi connectivity index (χ1) is 11.5. The zero-order chi connectivity index (χ0) is 17.1. The number of carbonyl (C=O) groups excluding carboxylic acids is 1. The normalized spacial score (nSPS) is 10.5. The molecular weight excluding hydrogens is 330 g/mol. The van der Waals surface area contributed by atoms with Gasteiger partial charge in [-0.1, -0.05) is 22.8 Å². The molecule has 0 bridgehead atoms. The topological polar surface area (TPSA) is 92.9 Å². The molecule has 0 saturated carbocycles. The van der Waals surface area contributed by atoms with Gasteiger partial charge in [-0.15, -0.1) is 0 Å². The van der Waals surface area contributed by atoms with Crippen LogP contribution in [0.15, 0.2) is 41.1 Å². The third-order valence-electron chi connectivity index (χ3n) is 3.27. The van der Waals surface area contributed by atoms with Crippen molar-refractivity contribution in [2.24, 2.45) is 0 Å². The second-order valence-electron chi connectivity index (χ2n) is 5.08. The van der Waals surface area contributed by atoms with Crippen molar-refractivity contribution in [2.45, 2.75) is 13.8 Å². The van der Waals surface area contributed by atoms with Crippen LogP contribution in [-0.4, -0.2) is 21.0 Å². The minimum atomic E-state index is -0.406. The molecule has 0 radical (unpaired) electrons. The van der Waals surface area contributed by atoms with E-state index in [9.17, 15) is 4.79 Å². The molecule has 0 atom stereocenters. The van der Waals surface area contributed by atoms with Gasteiger partial charge in [0, 0.05) is 23.0 Å². The molecule has 8 heteroatoms. The molecule has 2 N–H and O–H groups in total. The lowest BCUT2D eigenvalue weighted by molar-refractivity contribution is 0.102. The zero-order valence-electron chi connectivity index (χ0n) is 13.0. The molecule has 0 aliphatic heterocycles. The predicted octanol–water partition coefficient (Wildman–Crippen LogP) is 3.73. The van der Waals surface area contributed by atoms with E-state index in [0.29, 0.717) is 22.5 Å². The van der Waals surface area contributed by atoms with Gasteiger partial charge in [0.2, 0.25) is 5.95 Å². The Morgan fingerprint density at radius 3 is 2.83 bits per heavy atom. The number of anilines is 3. The molecule has 24 heavy (non-hydrogen) atoms. The maximum Gasteiger partial charge on any atom is 0.275 e. The van der Waals surface area contributed by atoms with Gasteiger partial charge in [0.25, 0.3) is 5.91 Å². The Kier molecular flexibility index (Phi) is 4.43. The maximum absolute atomic E-state index is 12.2. The summed E-state index contributed by atoms with van der Waals surface area (Å²) in [5.74, 6) is 0.823. The van der Waals surface area contributed by atoms with Gasteiger partial charge in [-0.05, 0) is 37.6 Å². The molecule has 0 aliphatic rings. The van der Waals surface area contributed by atoms with Gasteiger partial charge in [0.1, 0.15) is 11.5 Å². The molecule has 0 aliphatic carbocycles. The lowest BCUT2D eigenvalue weighted by Crippen LogP contribution is -2.15. The zero-order valence-corrected chi connectivity index (χ0v) is 13.8. The van der Waals surface area contributed by atoms with E-state index in [-0.39, 0.29) is 5.69 Å². The summed E-state index contributed by atoms with van der Waals surface area (Å²) in [6.45, 7) is 3.62. The number of hydrogen-bond donors (Lipinski definition) is 2. The highest BCUT2D eigenvalue weighted by molar-refractivity contribution is 6.31. The summed E-state index contributed by atoms with van der Waals surface area (Å²) in [5, 5.41) is 10.0. The van der Waals surface area contributed by atoms with Gasteiger partial charge in [-0.25, -0.2) is 9.97 Å². The van der Waals surface area contributed by atoms with Gasteiger partial charge in [-0.2, -0.15) is 0 Å². The van der Waals surface area contributed by atoms with Crippen LogP contribution < -0.4 is 10.6 Å². The fraction of sp³-hybridized carbons (Fsp3) is 0.125. The SMILES string of the molecule is Cc1cc(NC(=O)c2ccnc(Nc3cccc(Cl)c3C)n2)no1. The lowest BCUT2D eigenvalue weighted by Gasteiger charge is -2.09. The van der Waals surface area contributed by atoms with Crippen LogP contribution in [0.5, 0.6) is 0 Å². The Hall–Kier alpha value is -2.93. The van der Waals surface area contributed by atoms with E-state index in [0.717, 1.165) is 11.3 Å². The Bertz CT molecular complexity index is 894. The number of hydrogen-bond acceptors (Lipinski definition) is 6. The number of nitrogens with zero attached hydrogens (tertiary/aromatic N) is 3. The summed E-state index contributed by atoms with van der Waals surface area (Å²) in [6.07, 6.45) is 1.50. The van der Waals surface area contributed by atoms with Gasteiger partial charge < -0.3 is 15.2 Å². The molecule has 122 valence electrons. The van der Waals surface area contributed by atoms with Crippen LogP contribution in [0.25, 0.3) is 0 Å². The van der Waals surface area contributed by atoms with Crippen LogP contribution in [0.1, 0.15) is 21.8 Å². The smallest absolute Gasteiger partial charge is 0.275 e. The summed E-state index contributed by atoms with van der Waals surface area (Å²) in [4.78, 5) is 20.5. The molecule has 0 unspecified atom stereocenters. The molecule has 3 rings (SSSR count). The number of rotatable bonds is 4. The fourth-order valence-electron chi connectivity index (χ4n) is 2.01. The molecule has 0 spiro atoms. The van der Waals surface area contributed by atoms with Crippen molar-refractivity contribution in [2.75, 3.05) is 10.6 Å². The lowest BCUT2D eigenvalue weighted by atomic mass is 10.2. The Morgan fingerprint density at radius 2 is 2.08 bits per heavy atom. The van der Waals surface area contributed by atoms with E-state index in [2.05, 4.69) is 25.8 Å². The molecule has 0 fully saturated rings. The van der Waals surface area contributed by atoms with E-state index in [1.165, 1.54) is 12.3 Å². The third kappa shape index (κ3) is 3.52. The monoisotopic (exact) mass is 343 g/mol. The first kappa shape index (κ1) is 15.9. The Balaban J connectivity index is 1.78. The summed E-state index contributed by atoms with van der Waals surface area (Å²) >= 11 is 6.09. The van der Waals surface area contributed by atoms with E-state index in [1.54, 1.807) is 19.1 Å². The fourth-order valence-corrected chi connectivity index (χ4v) is 2.19. The molecule has 1 amide bonds. The molecule has 3 aromatic rings. The highest BCUT2D eigenvalue weighted by Gasteiger charge is 2.12. The number of benzene rings is 1. The van der Waals surface area contributed by atoms with Crippen molar-refractivity contribution in [3.05, 3.63) is 58.6 Å². The van der Waals surface area contributed by atoms with Crippen LogP contribution in [0.3, 0.4) is 0 Å². The quantitative estimate of drug-likeness (QED) is 0.749. The number of halogens is 1. The van der Waals surface area contributed by atoms with Crippen molar-refractivity contribution in [1.82, 2.24) is 15.1 Å². The van der Waals surface area contributed by atoms with Crippen molar-refractivity contribution in [3.63, 3.8) is 0 Å². The van der Waals surface area contributed by atoms with E-state index >= 15 is 0 Å². The molecule has 2 heterocycles. The number of amides is 1. The van der Waals surface area contributed by atoms with Crippen LogP contribution in [0, 0.1) is 13.8 Å². The van der Waals surface area contributed by atoms with Crippen molar-refractivity contribution >= 4 is 35.0 Å². The van der Waals surface area contributed by atoms with Gasteiger partial charge in [0.05, 0.1) is 0 Å². The van der Waals surface area contributed by atoms with E-state index in [1.807, 2.05) is 19.1 Å². The summed E-state index contributed by atoms with van der Waals surface area (Å²) in [6, 6.07) is 8.61. The highest BCUT2D eigenvalue weighted by atomic mass is 35.5. The van der Waals surface area contributed by atoms with Crippen LogP contribution in [0.2, 0.25) is 5.02 Å². The van der Waals surface area contributed by atoms with Gasteiger partial charge in [-0.3, -0.25) is 4.79 Å². The van der Waals surface area contributed by atoms with E-state index < -0.39 is 5.91 Å².